The molecule has 0 atom stereocenters. The molecule has 0 fully saturated rings. The van der Waals surface area contributed by atoms with Gasteiger partial charge < -0.3 is 19.2 Å². The number of amides is 3. The van der Waals surface area contributed by atoms with Crippen LogP contribution in [0.4, 0.5) is 5.69 Å². The lowest BCUT2D eigenvalue weighted by molar-refractivity contribution is -0.385. The van der Waals surface area contributed by atoms with Crippen molar-refractivity contribution >= 4 is 40.3 Å². The third-order valence-electron chi connectivity index (χ3n) is 6.43. The molecular formula is C28H27N3O10. The molecule has 13 heteroatoms. The first-order chi connectivity index (χ1) is 19.7. The minimum absolute atomic E-state index is 0.0106. The maximum absolute atomic E-state index is 12.6. The molecule has 3 amide bonds. The van der Waals surface area contributed by atoms with Crippen LogP contribution in [0.25, 0.3) is 11.0 Å². The molecule has 4 rings (SSSR count). The first-order valence-corrected chi connectivity index (χ1v) is 12.9. The van der Waals surface area contributed by atoms with Crippen LogP contribution in [0.15, 0.2) is 51.7 Å². The number of benzene rings is 2. The number of imide groups is 1. The minimum Gasteiger partial charge on any atom is -0.426 e. The molecule has 0 saturated heterocycles. The van der Waals surface area contributed by atoms with Crippen LogP contribution in [0.3, 0.4) is 0 Å². The molecule has 1 aliphatic heterocycles. The molecule has 3 aromatic rings. The summed E-state index contributed by atoms with van der Waals surface area (Å²) < 4.78 is 15.5. The maximum Gasteiger partial charge on any atom is 0.349 e. The minimum atomic E-state index is -0.821. The molecule has 0 saturated carbocycles. The number of methoxy groups -OCH3 is 1. The molecule has 0 radical (unpaired) electrons. The van der Waals surface area contributed by atoms with E-state index in [4.69, 9.17) is 13.9 Å². The monoisotopic (exact) mass is 565 g/mol. The number of nitro groups is 1. The number of esters is 1. The van der Waals surface area contributed by atoms with Crippen molar-refractivity contribution in [2.75, 3.05) is 26.8 Å². The van der Waals surface area contributed by atoms with Gasteiger partial charge in [-0.05, 0) is 43.5 Å². The number of fused-ring (bicyclic) bond motifs is 2. The molecular weight excluding hydrogens is 538 g/mol. The zero-order valence-electron chi connectivity index (χ0n) is 22.2. The summed E-state index contributed by atoms with van der Waals surface area (Å²) in [6.45, 7) is 0.875. The maximum atomic E-state index is 12.6. The van der Waals surface area contributed by atoms with E-state index in [-0.39, 0.29) is 41.0 Å². The quantitative estimate of drug-likeness (QED) is 0.0616. The number of hydrogen-bond acceptors (Lipinski definition) is 10. The van der Waals surface area contributed by atoms with Gasteiger partial charge in [-0.2, -0.15) is 0 Å². The molecule has 2 aromatic carbocycles. The van der Waals surface area contributed by atoms with Crippen molar-refractivity contribution in [2.45, 2.75) is 32.1 Å². The normalized spacial score (nSPS) is 12.5. The van der Waals surface area contributed by atoms with E-state index in [1.54, 1.807) is 13.2 Å². The van der Waals surface area contributed by atoms with E-state index in [1.165, 1.54) is 36.4 Å². The first-order valence-electron chi connectivity index (χ1n) is 12.9. The number of carbonyl (C=O) groups is 4. The van der Waals surface area contributed by atoms with Gasteiger partial charge >= 0.3 is 11.6 Å². The van der Waals surface area contributed by atoms with E-state index >= 15 is 0 Å². The van der Waals surface area contributed by atoms with Gasteiger partial charge in [0.05, 0.1) is 10.5 Å². The number of hydrogen-bond donors (Lipinski definition) is 1. The van der Waals surface area contributed by atoms with Gasteiger partial charge in [0.2, 0.25) is 0 Å². The fourth-order valence-corrected chi connectivity index (χ4v) is 4.40. The van der Waals surface area contributed by atoms with Crippen molar-refractivity contribution in [3.63, 3.8) is 0 Å². The van der Waals surface area contributed by atoms with E-state index in [0.29, 0.717) is 44.2 Å². The highest BCUT2D eigenvalue weighted by Gasteiger charge is 2.40. The third-order valence-corrected chi connectivity index (χ3v) is 6.43. The Kier molecular flexibility index (Phi) is 9.19. The van der Waals surface area contributed by atoms with E-state index in [2.05, 4.69) is 5.32 Å². The highest BCUT2D eigenvalue weighted by atomic mass is 16.6. The van der Waals surface area contributed by atoms with Crippen molar-refractivity contribution < 1.29 is 38.0 Å². The van der Waals surface area contributed by atoms with Crippen LogP contribution in [0.5, 0.6) is 5.75 Å². The summed E-state index contributed by atoms with van der Waals surface area (Å²) in [5.74, 6) is -2.21. The highest BCUT2D eigenvalue weighted by Crippen LogP contribution is 2.31. The van der Waals surface area contributed by atoms with Crippen LogP contribution in [0.2, 0.25) is 0 Å². The van der Waals surface area contributed by atoms with Crippen LogP contribution in [0, 0.1) is 10.1 Å². The molecule has 2 heterocycles. The Hall–Kier alpha value is -4.91. The molecule has 0 aliphatic carbocycles. The summed E-state index contributed by atoms with van der Waals surface area (Å²) in [4.78, 5) is 73.6. The van der Waals surface area contributed by atoms with Gasteiger partial charge in [0, 0.05) is 50.7 Å². The zero-order valence-corrected chi connectivity index (χ0v) is 22.2. The second kappa shape index (κ2) is 13.0. The summed E-state index contributed by atoms with van der Waals surface area (Å²) in [7, 11) is 1.55. The predicted molar refractivity (Wildman–Crippen MR) is 144 cm³/mol. The molecule has 214 valence electrons. The van der Waals surface area contributed by atoms with Gasteiger partial charge in [-0.3, -0.25) is 34.2 Å². The largest absolute Gasteiger partial charge is 0.426 e. The average molecular weight is 566 g/mol. The van der Waals surface area contributed by atoms with Crippen molar-refractivity contribution in [1.82, 2.24) is 10.2 Å². The molecule has 0 bridgehead atoms. The first kappa shape index (κ1) is 29.1. The Morgan fingerprint density at radius 1 is 1.02 bits per heavy atom. The van der Waals surface area contributed by atoms with Crippen LogP contribution in [-0.4, -0.2) is 60.3 Å². The Balaban J connectivity index is 1.25. The number of ether oxygens (including phenoxy) is 2. The summed E-state index contributed by atoms with van der Waals surface area (Å²) in [6.07, 6.45) is 1.95. The second-order valence-corrected chi connectivity index (χ2v) is 9.25. The zero-order chi connectivity index (χ0) is 29.5. The topological polar surface area (TPSA) is 175 Å². The smallest absolute Gasteiger partial charge is 0.349 e. The Labute approximate surface area is 233 Å². The number of nitrogens with one attached hydrogen (secondary N) is 1. The fraction of sp³-hybridized carbons (Fsp3) is 0.321. The van der Waals surface area contributed by atoms with Crippen molar-refractivity contribution in [2.24, 2.45) is 0 Å². The van der Waals surface area contributed by atoms with Gasteiger partial charge in [-0.1, -0.05) is 12.5 Å². The highest BCUT2D eigenvalue weighted by molar-refractivity contribution is 6.23. The van der Waals surface area contributed by atoms with Crippen LogP contribution < -0.4 is 15.7 Å². The molecule has 41 heavy (non-hydrogen) atoms. The van der Waals surface area contributed by atoms with Crippen LogP contribution >= 0.6 is 0 Å². The van der Waals surface area contributed by atoms with E-state index < -0.39 is 39.9 Å². The third kappa shape index (κ3) is 6.64. The molecule has 13 nitrogen and oxygen atoms in total. The average Bonchev–Trinajstić information content (AvgIpc) is 3.19. The lowest BCUT2D eigenvalue weighted by Crippen LogP contribution is -2.30. The fourth-order valence-electron chi connectivity index (χ4n) is 4.40. The summed E-state index contributed by atoms with van der Waals surface area (Å²) in [6, 6.07) is 9.81. The van der Waals surface area contributed by atoms with Gasteiger partial charge in [0.1, 0.15) is 22.5 Å². The number of nitro benzene ring substituents is 1. The molecule has 1 aliphatic rings. The molecule has 1 aromatic heterocycles. The van der Waals surface area contributed by atoms with Gasteiger partial charge in [0.15, 0.2) is 0 Å². The van der Waals surface area contributed by atoms with Gasteiger partial charge in [-0.25, -0.2) is 4.79 Å². The van der Waals surface area contributed by atoms with E-state index in [1.807, 2.05) is 0 Å². The van der Waals surface area contributed by atoms with Crippen molar-refractivity contribution in [3.05, 3.63) is 79.7 Å². The molecule has 1 N–H and O–H groups in total. The standard InChI is InChI=1S/C28H27N3O10/c1-39-14-6-12-29-25(33)20-15-17-10-11-18(16-22(17)41-28(20)36)40-23(32)9-3-2-4-13-30-26(34)19-7-5-8-21(31(37)38)24(19)27(30)35/h5,7-8,10-11,15-16H,2-4,6,9,12-14H2,1H3,(H,29,33). The summed E-state index contributed by atoms with van der Waals surface area (Å²) in [5.41, 5.74) is -1.40. The lowest BCUT2D eigenvalue weighted by atomic mass is 10.1. The van der Waals surface area contributed by atoms with Crippen LogP contribution in [0.1, 0.15) is 63.2 Å². The van der Waals surface area contributed by atoms with Crippen LogP contribution in [-0.2, 0) is 9.53 Å². The molecule has 0 unspecified atom stereocenters. The number of nitrogens with zero attached hydrogens (tertiary/aromatic N) is 2. The van der Waals surface area contributed by atoms with Gasteiger partial charge in [0.25, 0.3) is 23.4 Å². The van der Waals surface area contributed by atoms with Crippen molar-refractivity contribution in [3.8, 4) is 5.75 Å². The van der Waals surface area contributed by atoms with Crippen molar-refractivity contribution in [1.29, 1.82) is 0 Å². The number of rotatable bonds is 13. The summed E-state index contributed by atoms with van der Waals surface area (Å²) in [5, 5.41) is 14.3. The second-order valence-electron chi connectivity index (χ2n) is 9.25. The SMILES string of the molecule is COCCCNC(=O)c1cc2ccc(OC(=O)CCCCCN3C(=O)c4cccc([N+](=O)[O-])c4C3=O)cc2oc1=O. The Morgan fingerprint density at radius 2 is 1.83 bits per heavy atom. The predicted octanol–water partition coefficient (Wildman–Crippen LogP) is 3.23. The Morgan fingerprint density at radius 3 is 2.59 bits per heavy atom. The van der Waals surface area contributed by atoms with E-state index in [0.717, 1.165) is 4.90 Å². The summed E-state index contributed by atoms with van der Waals surface area (Å²) >= 11 is 0. The van der Waals surface area contributed by atoms with Gasteiger partial charge in [-0.15, -0.1) is 0 Å². The molecule has 0 spiro atoms. The number of carbonyl (C=O) groups excluding carboxylic acids is 4. The lowest BCUT2D eigenvalue weighted by Gasteiger charge is -2.13. The van der Waals surface area contributed by atoms with E-state index in [9.17, 15) is 34.1 Å². The number of unbranched alkanes of at least 4 members (excludes halogenated alkanes) is 2. The Bertz CT molecular complexity index is 1580.